The van der Waals surface area contributed by atoms with Crippen LogP contribution in [-0.4, -0.2) is 30.2 Å². The second-order valence-corrected chi connectivity index (χ2v) is 6.21. The van der Waals surface area contributed by atoms with Crippen LogP contribution in [0.1, 0.15) is 10.4 Å². The Hall–Kier alpha value is -1.80. The third kappa shape index (κ3) is 3.15. The van der Waals surface area contributed by atoms with Crippen molar-refractivity contribution in [1.82, 2.24) is 10.2 Å². The lowest BCUT2D eigenvalue weighted by Gasteiger charge is -2.05. The predicted molar refractivity (Wildman–Crippen MR) is 77.7 cm³/mol. The summed E-state index contributed by atoms with van der Waals surface area (Å²) in [4.78, 5) is 13.9. The molecule has 1 aromatic heterocycles. The molecule has 2 rings (SSSR count). The normalized spacial score (nSPS) is 10.4. The molecule has 1 aromatic carbocycles. The summed E-state index contributed by atoms with van der Waals surface area (Å²) < 4.78 is 0.733. The molecular weight excluding hydrogens is 282 g/mol. The molecule has 6 nitrogen and oxygen atoms in total. The van der Waals surface area contributed by atoms with Crippen molar-refractivity contribution in [1.29, 1.82) is 0 Å². The highest BCUT2D eigenvalue weighted by molar-refractivity contribution is 8.01. The van der Waals surface area contributed by atoms with Crippen molar-refractivity contribution in [3.05, 3.63) is 23.8 Å². The first-order valence-corrected chi connectivity index (χ1v) is 6.98. The van der Waals surface area contributed by atoms with Crippen LogP contribution >= 0.6 is 23.1 Å². The van der Waals surface area contributed by atoms with E-state index in [2.05, 4.69) is 10.2 Å². The minimum Gasteiger partial charge on any atom is -0.399 e. The van der Waals surface area contributed by atoms with Gasteiger partial charge in [-0.1, -0.05) is 23.1 Å². The Bertz CT molecular complexity index is 611. The lowest BCUT2D eigenvalue weighted by atomic mass is 10.2. The lowest BCUT2D eigenvalue weighted by Crippen LogP contribution is -2.12. The number of hydrogen-bond donors (Lipinski definition) is 2. The van der Waals surface area contributed by atoms with Crippen LogP contribution < -0.4 is 16.4 Å². The number of benzene rings is 1. The average molecular weight is 295 g/mol. The summed E-state index contributed by atoms with van der Waals surface area (Å²) in [7, 11) is 3.79. The summed E-state index contributed by atoms with van der Waals surface area (Å²) in [6, 6.07) is 4.98. The number of amides is 1. The third-order valence-electron chi connectivity index (χ3n) is 2.25. The molecule has 19 heavy (non-hydrogen) atoms. The molecule has 0 atom stereocenters. The van der Waals surface area contributed by atoms with Gasteiger partial charge in [0.2, 0.25) is 11.0 Å². The zero-order valence-electron chi connectivity index (χ0n) is 10.5. The number of hydrogen-bond acceptors (Lipinski definition) is 7. The molecule has 0 saturated carbocycles. The van der Waals surface area contributed by atoms with Crippen LogP contribution in [0, 0.1) is 0 Å². The van der Waals surface area contributed by atoms with Gasteiger partial charge in [-0.05, 0) is 18.2 Å². The first-order chi connectivity index (χ1) is 8.97. The van der Waals surface area contributed by atoms with E-state index in [1.165, 1.54) is 23.1 Å². The Morgan fingerprint density at radius 2 is 2.11 bits per heavy atom. The summed E-state index contributed by atoms with van der Waals surface area (Å²) in [5.41, 5.74) is 12.1. The first kappa shape index (κ1) is 13.6. The molecular formula is C11H13N5OS2. The minimum atomic E-state index is -0.486. The number of nitrogens with two attached hydrogens (primary N) is 2. The quantitative estimate of drug-likeness (QED) is 0.828. The van der Waals surface area contributed by atoms with Gasteiger partial charge in [0.1, 0.15) is 0 Å². The standard InChI is InChI=1S/C11H13N5OS2/c1-16(2)10-14-15-11(19-10)18-8-5-6(12)3-4-7(8)9(13)17/h3-5H,12H2,1-2H3,(H2,13,17). The van der Waals surface area contributed by atoms with Crippen molar-refractivity contribution >= 4 is 39.8 Å². The molecule has 2 aromatic rings. The number of anilines is 2. The van der Waals surface area contributed by atoms with E-state index in [0.717, 1.165) is 9.47 Å². The molecule has 0 aliphatic heterocycles. The Balaban J connectivity index is 2.31. The number of nitrogen functional groups attached to an aromatic ring is 1. The molecule has 0 bridgehead atoms. The van der Waals surface area contributed by atoms with E-state index in [1.807, 2.05) is 19.0 Å². The smallest absolute Gasteiger partial charge is 0.249 e. The third-order valence-corrected chi connectivity index (χ3v) is 4.45. The van der Waals surface area contributed by atoms with E-state index in [9.17, 15) is 4.79 Å². The fraction of sp³-hybridized carbons (Fsp3) is 0.182. The highest BCUT2D eigenvalue weighted by Gasteiger charge is 2.13. The summed E-state index contributed by atoms with van der Waals surface area (Å²) in [5.74, 6) is -0.486. The second-order valence-electron chi connectivity index (χ2n) is 3.97. The van der Waals surface area contributed by atoms with Gasteiger partial charge in [0.05, 0.1) is 5.56 Å². The average Bonchev–Trinajstić information content (AvgIpc) is 2.77. The monoisotopic (exact) mass is 295 g/mol. The van der Waals surface area contributed by atoms with Crippen molar-refractivity contribution in [3.8, 4) is 0 Å². The molecule has 0 aliphatic rings. The van der Waals surface area contributed by atoms with Crippen LogP contribution in [0.2, 0.25) is 0 Å². The van der Waals surface area contributed by atoms with Crippen molar-refractivity contribution in [2.45, 2.75) is 9.24 Å². The van der Waals surface area contributed by atoms with Gasteiger partial charge in [0, 0.05) is 24.7 Å². The van der Waals surface area contributed by atoms with Gasteiger partial charge in [-0.15, -0.1) is 10.2 Å². The molecule has 0 radical (unpaired) electrons. The zero-order valence-corrected chi connectivity index (χ0v) is 12.1. The van der Waals surface area contributed by atoms with Crippen molar-refractivity contribution in [2.75, 3.05) is 24.7 Å². The SMILES string of the molecule is CN(C)c1nnc(Sc2cc(N)ccc2C(N)=O)s1. The Morgan fingerprint density at radius 3 is 2.68 bits per heavy atom. The van der Waals surface area contributed by atoms with E-state index in [1.54, 1.807) is 18.2 Å². The molecule has 1 heterocycles. The molecule has 8 heteroatoms. The van der Waals surface area contributed by atoms with E-state index in [-0.39, 0.29) is 0 Å². The van der Waals surface area contributed by atoms with E-state index < -0.39 is 5.91 Å². The van der Waals surface area contributed by atoms with E-state index in [4.69, 9.17) is 11.5 Å². The maximum atomic E-state index is 11.4. The molecule has 0 fully saturated rings. The zero-order chi connectivity index (χ0) is 14.0. The number of carbonyl (C=O) groups is 1. The minimum absolute atomic E-state index is 0.431. The fourth-order valence-electron chi connectivity index (χ4n) is 1.35. The van der Waals surface area contributed by atoms with Gasteiger partial charge in [-0.25, -0.2) is 0 Å². The van der Waals surface area contributed by atoms with Gasteiger partial charge in [-0.2, -0.15) is 0 Å². The molecule has 100 valence electrons. The Kier molecular flexibility index (Phi) is 3.91. The molecule has 0 saturated heterocycles. The highest BCUT2D eigenvalue weighted by Crippen LogP contribution is 2.35. The van der Waals surface area contributed by atoms with Crippen LogP contribution in [0.25, 0.3) is 0 Å². The van der Waals surface area contributed by atoms with Gasteiger partial charge in [-0.3, -0.25) is 4.79 Å². The van der Waals surface area contributed by atoms with Crippen molar-refractivity contribution < 1.29 is 4.79 Å². The lowest BCUT2D eigenvalue weighted by molar-refractivity contribution is 0.0997. The maximum absolute atomic E-state index is 11.4. The van der Waals surface area contributed by atoms with E-state index >= 15 is 0 Å². The van der Waals surface area contributed by atoms with Crippen molar-refractivity contribution in [3.63, 3.8) is 0 Å². The van der Waals surface area contributed by atoms with Gasteiger partial charge in [0.25, 0.3) is 0 Å². The van der Waals surface area contributed by atoms with Gasteiger partial charge >= 0.3 is 0 Å². The first-order valence-electron chi connectivity index (χ1n) is 5.35. The number of nitrogens with zero attached hydrogens (tertiary/aromatic N) is 3. The number of aromatic nitrogens is 2. The topological polar surface area (TPSA) is 98.1 Å². The van der Waals surface area contributed by atoms with E-state index in [0.29, 0.717) is 16.1 Å². The second kappa shape index (κ2) is 5.45. The number of carbonyl (C=O) groups excluding carboxylic acids is 1. The number of rotatable bonds is 4. The molecule has 0 unspecified atom stereocenters. The summed E-state index contributed by atoms with van der Waals surface area (Å²) in [6.45, 7) is 0. The van der Waals surface area contributed by atoms with Crippen LogP contribution in [0.5, 0.6) is 0 Å². The summed E-state index contributed by atoms with van der Waals surface area (Å²) >= 11 is 2.77. The molecule has 1 amide bonds. The van der Waals surface area contributed by atoms with Crippen LogP contribution in [-0.2, 0) is 0 Å². The van der Waals surface area contributed by atoms with Gasteiger partial charge < -0.3 is 16.4 Å². The predicted octanol–water partition coefficient (Wildman–Crippen LogP) is 1.44. The maximum Gasteiger partial charge on any atom is 0.249 e. The Morgan fingerprint density at radius 1 is 1.37 bits per heavy atom. The molecule has 4 N–H and O–H groups in total. The van der Waals surface area contributed by atoms with Crippen LogP contribution in [0.3, 0.4) is 0 Å². The Labute approximate surface area is 118 Å². The molecule has 0 aliphatic carbocycles. The number of primary amides is 1. The highest BCUT2D eigenvalue weighted by atomic mass is 32.2. The fourth-order valence-corrected chi connectivity index (χ4v) is 3.25. The summed E-state index contributed by atoms with van der Waals surface area (Å²) in [6.07, 6.45) is 0. The van der Waals surface area contributed by atoms with Crippen molar-refractivity contribution in [2.24, 2.45) is 5.73 Å². The van der Waals surface area contributed by atoms with Crippen LogP contribution in [0.15, 0.2) is 27.4 Å². The summed E-state index contributed by atoms with van der Waals surface area (Å²) in [5, 5.41) is 8.89. The molecule has 0 spiro atoms. The van der Waals surface area contributed by atoms with Gasteiger partial charge in [0.15, 0.2) is 4.34 Å². The largest absolute Gasteiger partial charge is 0.399 e. The van der Waals surface area contributed by atoms with Crippen LogP contribution in [0.4, 0.5) is 10.8 Å².